The van der Waals surface area contributed by atoms with Crippen LogP contribution < -0.4 is 10.1 Å². The number of hydrogen-bond acceptors (Lipinski definition) is 5. The first kappa shape index (κ1) is 23.8. The number of nitriles is 1. The standard InChI is InChI=1S/C29H29N3O4/c30-17-25-24-10-4-5-11-26(24)32(18-23-9-6-16-35-23)29(25)31-27(33)19-36-22-14-12-21(13-15-22)28(34)20-7-2-1-3-8-20/h1-3,7-8,12-15,23H,4-6,9-11,16,18-19H2,(H,31,33). The molecule has 184 valence electrons. The van der Waals surface area contributed by atoms with Crippen molar-refractivity contribution in [1.82, 2.24) is 4.57 Å². The van der Waals surface area contributed by atoms with E-state index in [9.17, 15) is 14.9 Å². The largest absolute Gasteiger partial charge is 0.484 e. The van der Waals surface area contributed by atoms with Gasteiger partial charge in [-0.3, -0.25) is 9.59 Å². The smallest absolute Gasteiger partial charge is 0.263 e. The van der Waals surface area contributed by atoms with E-state index in [0.717, 1.165) is 56.4 Å². The van der Waals surface area contributed by atoms with Gasteiger partial charge >= 0.3 is 0 Å². The van der Waals surface area contributed by atoms with Crippen molar-refractivity contribution in [2.45, 2.75) is 51.2 Å². The molecule has 0 bridgehead atoms. The van der Waals surface area contributed by atoms with Crippen molar-refractivity contribution in [2.75, 3.05) is 18.5 Å². The summed E-state index contributed by atoms with van der Waals surface area (Å²) in [5.41, 5.74) is 3.92. The number of carbonyl (C=O) groups excluding carboxylic acids is 2. The number of nitrogens with zero attached hydrogens (tertiary/aromatic N) is 2. The highest BCUT2D eigenvalue weighted by Crippen LogP contribution is 2.34. The van der Waals surface area contributed by atoms with E-state index in [4.69, 9.17) is 9.47 Å². The van der Waals surface area contributed by atoms with E-state index >= 15 is 0 Å². The minimum atomic E-state index is -0.334. The van der Waals surface area contributed by atoms with E-state index in [1.807, 2.05) is 18.2 Å². The molecule has 2 heterocycles. The summed E-state index contributed by atoms with van der Waals surface area (Å²) in [4.78, 5) is 25.5. The monoisotopic (exact) mass is 483 g/mol. The summed E-state index contributed by atoms with van der Waals surface area (Å²) in [6, 6.07) is 18.2. The zero-order valence-electron chi connectivity index (χ0n) is 20.2. The van der Waals surface area contributed by atoms with Gasteiger partial charge in [-0.15, -0.1) is 0 Å². The number of ether oxygens (including phenoxy) is 2. The second kappa shape index (κ2) is 10.8. The first-order chi connectivity index (χ1) is 17.6. The Kier molecular flexibility index (Phi) is 7.15. The Morgan fingerprint density at radius 1 is 1.03 bits per heavy atom. The lowest BCUT2D eigenvalue weighted by Crippen LogP contribution is -2.25. The molecule has 0 saturated carbocycles. The van der Waals surface area contributed by atoms with Gasteiger partial charge in [-0.25, -0.2) is 0 Å². The lowest BCUT2D eigenvalue weighted by atomic mass is 9.95. The Morgan fingerprint density at radius 2 is 1.78 bits per heavy atom. The Morgan fingerprint density at radius 3 is 2.50 bits per heavy atom. The second-order valence-corrected chi connectivity index (χ2v) is 9.27. The third-order valence-corrected chi connectivity index (χ3v) is 6.88. The first-order valence-electron chi connectivity index (χ1n) is 12.5. The lowest BCUT2D eigenvalue weighted by molar-refractivity contribution is -0.118. The number of fused-ring (bicyclic) bond motifs is 1. The fraction of sp³-hybridized carbons (Fsp3) is 0.345. The molecule has 7 heteroatoms. The minimum absolute atomic E-state index is 0.0695. The molecular weight excluding hydrogens is 454 g/mol. The first-order valence-corrected chi connectivity index (χ1v) is 12.5. The van der Waals surface area contributed by atoms with Gasteiger partial charge in [-0.2, -0.15) is 5.26 Å². The van der Waals surface area contributed by atoms with Gasteiger partial charge in [0.2, 0.25) is 0 Å². The zero-order valence-corrected chi connectivity index (χ0v) is 20.2. The number of rotatable bonds is 8. The van der Waals surface area contributed by atoms with E-state index in [2.05, 4.69) is 16.0 Å². The number of hydrogen-bond donors (Lipinski definition) is 1. The third-order valence-electron chi connectivity index (χ3n) is 6.88. The van der Waals surface area contributed by atoms with Gasteiger partial charge < -0.3 is 19.4 Å². The van der Waals surface area contributed by atoms with E-state index in [1.165, 1.54) is 0 Å². The summed E-state index contributed by atoms with van der Waals surface area (Å²) < 4.78 is 13.6. The molecule has 36 heavy (non-hydrogen) atoms. The number of amides is 1. The number of benzene rings is 2. The minimum Gasteiger partial charge on any atom is -0.484 e. The van der Waals surface area contributed by atoms with Crippen LogP contribution in [0.1, 0.15) is 58.4 Å². The number of aromatic nitrogens is 1. The predicted octanol–water partition coefficient (Wildman–Crippen LogP) is 4.67. The average molecular weight is 484 g/mol. The molecule has 1 aromatic heterocycles. The normalized spacial score (nSPS) is 16.7. The lowest BCUT2D eigenvalue weighted by Gasteiger charge is -2.20. The molecule has 2 aliphatic rings. The molecule has 1 saturated heterocycles. The van der Waals surface area contributed by atoms with E-state index < -0.39 is 0 Å². The molecule has 1 aliphatic carbocycles. The van der Waals surface area contributed by atoms with Crippen LogP contribution in [0.3, 0.4) is 0 Å². The maximum Gasteiger partial charge on any atom is 0.263 e. The summed E-state index contributed by atoms with van der Waals surface area (Å²) in [5.74, 6) is 0.640. The van der Waals surface area contributed by atoms with Crippen molar-refractivity contribution < 1.29 is 19.1 Å². The van der Waals surface area contributed by atoms with Crippen molar-refractivity contribution in [2.24, 2.45) is 0 Å². The molecule has 5 rings (SSSR count). The number of anilines is 1. The van der Waals surface area contributed by atoms with Gasteiger partial charge in [0.1, 0.15) is 17.6 Å². The molecule has 1 fully saturated rings. The molecule has 1 atom stereocenters. The van der Waals surface area contributed by atoms with Gasteiger partial charge in [0.25, 0.3) is 5.91 Å². The van der Waals surface area contributed by atoms with E-state index in [1.54, 1.807) is 36.4 Å². The van der Waals surface area contributed by atoms with Crippen molar-refractivity contribution >= 4 is 17.5 Å². The molecule has 1 amide bonds. The molecule has 2 aromatic carbocycles. The summed E-state index contributed by atoms with van der Waals surface area (Å²) in [5, 5.41) is 12.9. The molecular formula is C29H29N3O4. The SMILES string of the molecule is N#Cc1c2c(n(CC3CCCO3)c1NC(=O)COc1ccc(C(=O)c3ccccc3)cc1)CCCC2. The number of nitrogens with one attached hydrogen (secondary N) is 1. The fourth-order valence-corrected chi connectivity index (χ4v) is 5.09. The summed E-state index contributed by atoms with van der Waals surface area (Å²) in [6.07, 6.45) is 5.98. The van der Waals surface area contributed by atoms with Crippen LogP contribution in [0, 0.1) is 11.3 Å². The van der Waals surface area contributed by atoms with Crippen LogP contribution in [-0.2, 0) is 28.9 Å². The molecule has 3 aromatic rings. The molecule has 1 aliphatic heterocycles. The molecule has 0 spiro atoms. The molecule has 1 N–H and O–H groups in total. The average Bonchev–Trinajstić information content (AvgIpc) is 3.54. The van der Waals surface area contributed by atoms with Crippen molar-refractivity contribution in [3.05, 3.63) is 82.5 Å². The summed E-state index contributed by atoms with van der Waals surface area (Å²) in [6.45, 7) is 1.19. The third kappa shape index (κ3) is 5.05. The van der Waals surface area contributed by atoms with Crippen LogP contribution in [0.25, 0.3) is 0 Å². The van der Waals surface area contributed by atoms with Gasteiger partial charge in [-0.1, -0.05) is 30.3 Å². The Labute approximate surface area is 210 Å². The van der Waals surface area contributed by atoms with Crippen LogP contribution in [0.2, 0.25) is 0 Å². The Hall–Kier alpha value is -3.89. The maximum absolute atomic E-state index is 12.9. The van der Waals surface area contributed by atoms with Crippen LogP contribution >= 0.6 is 0 Å². The van der Waals surface area contributed by atoms with Crippen molar-refractivity contribution in [1.29, 1.82) is 5.26 Å². The molecule has 1 unspecified atom stereocenters. The summed E-state index contributed by atoms with van der Waals surface area (Å²) in [7, 11) is 0. The Bertz CT molecular complexity index is 1280. The quantitative estimate of drug-likeness (QED) is 0.470. The predicted molar refractivity (Wildman–Crippen MR) is 135 cm³/mol. The Balaban J connectivity index is 1.27. The van der Waals surface area contributed by atoms with Gasteiger partial charge in [-0.05, 0) is 68.4 Å². The summed E-state index contributed by atoms with van der Waals surface area (Å²) >= 11 is 0. The zero-order chi connectivity index (χ0) is 24.9. The van der Waals surface area contributed by atoms with Crippen LogP contribution in [0.5, 0.6) is 5.75 Å². The van der Waals surface area contributed by atoms with E-state index in [-0.39, 0.29) is 24.4 Å². The number of carbonyl (C=O) groups is 2. The topological polar surface area (TPSA) is 93.4 Å². The highest BCUT2D eigenvalue weighted by atomic mass is 16.5. The van der Waals surface area contributed by atoms with Crippen LogP contribution in [0.4, 0.5) is 5.82 Å². The van der Waals surface area contributed by atoms with Crippen molar-refractivity contribution in [3.63, 3.8) is 0 Å². The maximum atomic E-state index is 12.9. The fourth-order valence-electron chi connectivity index (χ4n) is 5.09. The van der Waals surface area contributed by atoms with Gasteiger partial charge in [0, 0.05) is 23.4 Å². The van der Waals surface area contributed by atoms with Gasteiger partial charge in [0.05, 0.1) is 18.2 Å². The van der Waals surface area contributed by atoms with Crippen LogP contribution in [-0.4, -0.2) is 35.6 Å². The molecule has 7 nitrogen and oxygen atoms in total. The van der Waals surface area contributed by atoms with Crippen molar-refractivity contribution in [3.8, 4) is 11.8 Å². The van der Waals surface area contributed by atoms with Crippen LogP contribution in [0.15, 0.2) is 54.6 Å². The highest BCUT2D eigenvalue weighted by Gasteiger charge is 2.28. The second-order valence-electron chi connectivity index (χ2n) is 9.27. The van der Waals surface area contributed by atoms with Gasteiger partial charge in [0.15, 0.2) is 12.4 Å². The highest BCUT2D eigenvalue weighted by molar-refractivity contribution is 6.09. The molecule has 0 radical (unpaired) electrons. The van der Waals surface area contributed by atoms with E-state index in [0.29, 0.717) is 34.8 Å². The number of ketones is 1.